The highest BCUT2D eigenvalue weighted by Gasteiger charge is 2.13. The van der Waals surface area contributed by atoms with Gasteiger partial charge in [-0.05, 0) is 12.3 Å². The highest BCUT2D eigenvalue weighted by atomic mass is 32.2. The molecule has 1 unspecified atom stereocenters. The molecule has 1 atom stereocenters. The van der Waals surface area contributed by atoms with Crippen molar-refractivity contribution in [1.29, 1.82) is 0 Å². The fourth-order valence-corrected chi connectivity index (χ4v) is 1.71. The van der Waals surface area contributed by atoms with Crippen molar-refractivity contribution in [3.63, 3.8) is 0 Å². The topological polar surface area (TPSA) is 33.3 Å². The Morgan fingerprint density at radius 2 is 2.62 bits per heavy atom. The smallest absolute Gasteiger partial charge is 0.141 e. The van der Waals surface area contributed by atoms with Crippen LogP contribution in [0, 0.1) is 0 Å². The van der Waals surface area contributed by atoms with Gasteiger partial charge in [-0.15, -0.1) is 0 Å². The van der Waals surface area contributed by atoms with E-state index in [1.54, 1.807) is 0 Å². The molecule has 0 radical (unpaired) electrons. The molecule has 0 saturated carbocycles. The molecule has 74 valence electrons. The summed E-state index contributed by atoms with van der Waals surface area (Å²) in [5.74, 6) is 0. The zero-order valence-electron chi connectivity index (χ0n) is 7.58. The Morgan fingerprint density at radius 1 is 1.77 bits per heavy atom. The van der Waals surface area contributed by atoms with Crippen LogP contribution in [0.1, 0.15) is 6.92 Å². The SMILES string of the molecule is CC=CSC(=S)NC1CNCCO1. The fraction of sp³-hybridized carbons (Fsp3) is 0.625. The summed E-state index contributed by atoms with van der Waals surface area (Å²) in [5, 5.41) is 8.28. The molecular weight excluding hydrogens is 204 g/mol. The number of hydrogen-bond donors (Lipinski definition) is 2. The predicted octanol–water partition coefficient (Wildman–Crippen LogP) is 1.07. The van der Waals surface area contributed by atoms with Gasteiger partial charge in [-0.3, -0.25) is 0 Å². The van der Waals surface area contributed by atoms with Gasteiger partial charge in [0.25, 0.3) is 0 Å². The van der Waals surface area contributed by atoms with Crippen LogP contribution in [0.4, 0.5) is 0 Å². The van der Waals surface area contributed by atoms with Gasteiger partial charge in [0.15, 0.2) is 0 Å². The van der Waals surface area contributed by atoms with Gasteiger partial charge in [0.2, 0.25) is 0 Å². The highest BCUT2D eigenvalue weighted by molar-refractivity contribution is 8.24. The van der Waals surface area contributed by atoms with Crippen molar-refractivity contribution in [2.45, 2.75) is 13.2 Å². The van der Waals surface area contributed by atoms with Gasteiger partial charge in [0.1, 0.15) is 10.5 Å². The molecule has 0 aromatic carbocycles. The summed E-state index contributed by atoms with van der Waals surface area (Å²) in [6.07, 6.45) is 1.98. The van der Waals surface area contributed by atoms with E-state index in [0.29, 0.717) is 0 Å². The van der Waals surface area contributed by atoms with Crippen LogP contribution in [0.15, 0.2) is 11.5 Å². The molecular formula is C8H14N2OS2. The minimum Gasteiger partial charge on any atom is -0.356 e. The predicted molar refractivity (Wildman–Crippen MR) is 60.7 cm³/mol. The second-order valence-electron chi connectivity index (χ2n) is 2.58. The number of hydrogen-bond acceptors (Lipinski definition) is 4. The van der Waals surface area contributed by atoms with Crippen molar-refractivity contribution in [2.24, 2.45) is 0 Å². The van der Waals surface area contributed by atoms with E-state index in [1.807, 2.05) is 18.4 Å². The number of morpholine rings is 1. The molecule has 13 heavy (non-hydrogen) atoms. The van der Waals surface area contributed by atoms with Gasteiger partial charge in [-0.25, -0.2) is 0 Å². The summed E-state index contributed by atoms with van der Waals surface area (Å²) in [7, 11) is 0. The zero-order chi connectivity index (χ0) is 9.52. The molecule has 1 rings (SSSR count). The molecule has 3 nitrogen and oxygen atoms in total. The number of rotatable bonds is 2. The first kappa shape index (κ1) is 11.0. The molecule has 0 aliphatic carbocycles. The van der Waals surface area contributed by atoms with Gasteiger partial charge in [-0.1, -0.05) is 30.1 Å². The monoisotopic (exact) mass is 218 g/mol. The Kier molecular flexibility index (Phi) is 5.38. The Hall–Kier alpha value is -0.100. The summed E-state index contributed by atoms with van der Waals surface area (Å²) in [6.45, 7) is 4.45. The van der Waals surface area contributed by atoms with E-state index in [9.17, 15) is 0 Å². The van der Waals surface area contributed by atoms with Crippen molar-refractivity contribution in [3.05, 3.63) is 11.5 Å². The standard InChI is InChI=1S/C8H14N2OS2/c1-2-5-13-8(12)10-7-6-9-3-4-11-7/h2,5,7,9H,3-4,6H2,1H3,(H,10,12). The molecule has 0 amide bonds. The van der Waals surface area contributed by atoms with Crippen LogP contribution in [0.25, 0.3) is 0 Å². The van der Waals surface area contributed by atoms with E-state index in [4.69, 9.17) is 17.0 Å². The molecule has 2 N–H and O–H groups in total. The third-order valence-corrected chi connectivity index (χ3v) is 2.66. The van der Waals surface area contributed by atoms with E-state index >= 15 is 0 Å². The van der Waals surface area contributed by atoms with E-state index in [2.05, 4.69) is 10.6 Å². The molecule has 0 spiro atoms. The lowest BCUT2D eigenvalue weighted by atomic mass is 10.4. The first-order valence-corrected chi connectivity index (χ1v) is 5.52. The van der Waals surface area contributed by atoms with Crippen LogP contribution >= 0.6 is 24.0 Å². The van der Waals surface area contributed by atoms with E-state index in [-0.39, 0.29) is 6.23 Å². The van der Waals surface area contributed by atoms with Gasteiger partial charge in [0, 0.05) is 13.1 Å². The summed E-state index contributed by atoms with van der Waals surface area (Å²) >= 11 is 6.60. The molecule has 1 aliphatic heterocycles. The van der Waals surface area contributed by atoms with Gasteiger partial charge in [0.05, 0.1) is 6.61 Å². The fourth-order valence-electron chi connectivity index (χ4n) is 0.953. The van der Waals surface area contributed by atoms with Crippen LogP contribution in [0.5, 0.6) is 0 Å². The Labute approximate surface area is 88.3 Å². The van der Waals surface area contributed by atoms with Crippen molar-refractivity contribution in [3.8, 4) is 0 Å². The second kappa shape index (κ2) is 6.37. The quantitative estimate of drug-likeness (QED) is 0.678. The Morgan fingerprint density at radius 3 is 3.23 bits per heavy atom. The minimum absolute atomic E-state index is 0.0269. The Bertz CT molecular complexity index is 191. The van der Waals surface area contributed by atoms with Crippen molar-refractivity contribution in [1.82, 2.24) is 10.6 Å². The molecule has 1 saturated heterocycles. The summed E-state index contributed by atoms with van der Waals surface area (Å²) in [4.78, 5) is 0. The third-order valence-electron chi connectivity index (χ3n) is 1.52. The molecule has 0 aromatic rings. The van der Waals surface area contributed by atoms with Crippen molar-refractivity contribution >= 4 is 28.3 Å². The maximum absolute atomic E-state index is 5.43. The highest BCUT2D eigenvalue weighted by Crippen LogP contribution is 2.05. The zero-order valence-corrected chi connectivity index (χ0v) is 9.21. The van der Waals surface area contributed by atoms with E-state index < -0.39 is 0 Å². The maximum Gasteiger partial charge on any atom is 0.141 e. The maximum atomic E-state index is 5.43. The van der Waals surface area contributed by atoms with Gasteiger partial charge < -0.3 is 15.4 Å². The minimum atomic E-state index is 0.0269. The molecule has 1 aliphatic rings. The van der Waals surface area contributed by atoms with Crippen LogP contribution in [-0.4, -0.2) is 30.2 Å². The lowest BCUT2D eigenvalue weighted by Crippen LogP contribution is -2.47. The number of thiocarbonyl (C=S) groups is 1. The summed E-state index contributed by atoms with van der Waals surface area (Å²) < 4.78 is 6.19. The van der Waals surface area contributed by atoms with Crippen LogP contribution < -0.4 is 10.6 Å². The van der Waals surface area contributed by atoms with Crippen LogP contribution in [0.2, 0.25) is 0 Å². The van der Waals surface area contributed by atoms with Crippen molar-refractivity contribution in [2.75, 3.05) is 19.7 Å². The van der Waals surface area contributed by atoms with Crippen LogP contribution in [-0.2, 0) is 4.74 Å². The van der Waals surface area contributed by atoms with Gasteiger partial charge >= 0.3 is 0 Å². The average molecular weight is 218 g/mol. The number of thioether (sulfide) groups is 1. The molecule has 5 heteroatoms. The lowest BCUT2D eigenvalue weighted by Gasteiger charge is -2.24. The number of nitrogens with one attached hydrogen (secondary N) is 2. The van der Waals surface area contributed by atoms with Gasteiger partial charge in [-0.2, -0.15) is 0 Å². The molecule has 1 fully saturated rings. The Balaban J connectivity index is 2.18. The van der Waals surface area contributed by atoms with E-state index in [0.717, 1.165) is 24.0 Å². The number of ether oxygens (including phenoxy) is 1. The van der Waals surface area contributed by atoms with E-state index in [1.165, 1.54) is 11.8 Å². The molecule has 1 heterocycles. The summed E-state index contributed by atoms with van der Waals surface area (Å²) in [5.41, 5.74) is 0. The molecule has 0 bridgehead atoms. The first-order valence-electron chi connectivity index (χ1n) is 4.23. The van der Waals surface area contributed by atoms with Crippen LogP contribution in [0.3, 0.4) is 0 Å². The largest absolute Gasteiger partial charge is 0.356 e. The lowest BCUT2D eigenvalue weighted by molar-refractivity contribution is 0.0204. The number of allylic oxidation sites excluding steroid dienone is 1. The average Bonchev–Trinajstić information content (AvgIpc) is 2.16. The summed E-state index contributed by atoms with van der Waals surface area (Å²) in [6, 6.07) is 0. The third kappa shape index (κ3) is 4.61. The molecule has 0 aromatic heterocycles. The van der Waals surface area contributed by atoms with Crippen molar-refractivity contribution < 1.29 is 4.74 Å². The second-order valence-corrected chi connectivity index (χ2v) is 4.17. The first-order chi connectivity index (χ1) is 6.33. The normalized spacial score (nSPS) is 23.3.